The van der Waals surface area contributed by atoms with Crippen LogP contribution in [0.15, 0.2) is 18.6 Å². The molecular weight excluding hydrogens is 499 g/mol. The van der Waals surface area contributed by atoms with E-state index in [2.05, 4.69) is 25.6 Å². The molecule has 4 heterocycles. The van der Waals surface area contributed by atoms with Crippen LogP contribution in [0.25, 0.3) is 0 Å². The van der Waals surface area contributed by atoms with Gasteiger partial charge in [-0.1, -0.05) is 5.21 Å². The first kappa shape index (κ1) is 27.0. The molecule has 204 valence electrons. The van der Waals surface area contributed by atoms with Crippen LogP contribution in [0.3, 0.4) is 0 Å². The molecule has 0 radical (unpaired) electrons. The van der Waals surface area contributed by atoms with Crippen LogP contribution in [0.2, 0.25) is 0 Å². The molecule has 37 heavy (non-hydrogen) atoms. The van der Waals surface area contributed by atoms with Gasteiger partial charge in [0.05, 0.1) is 37.3 Å². The maximum absolute atomic E-state index is 12.9. The standard InChI is InChI=1S/C22H30F3N7O5/c1-21(2,3)37-20(35)31-6-4-12(5-7-31)32-10-13(29-30-32)19-18(34)17(33)14(11-36-19)27-16-9-26-8-15(28-16)22(23,24)25/h8-10,12,14,17-19,33-34H,4-7,11H2,1-3H3,(H,27,28)/t14-,17+,18+,19+/m0/s1. The first-order chi connectivity index (χ1) is 17.3. The lowest BCUT2D eigenvalue weighted by Gasteiger charge is -2.37. The van der Waals surface area contributed by atoms with Gasteiger partial charge in [-0.3, -0.25) is 4.98 Å². The summed E-state index contributed by atoms with van der Waals surface area (Å²) in [7, 11) is 0. The van der Waals surface area contributed by atoms with Crippen LogP contribution in [0.1, 0.15) is 57.1 Å². The van der Waals surface area contributed by atoms with Gasteiger partial charge in [-0.2, -0.15) is 13.2 Å². The summed E-state index contributed by atoms with van der Waals surface area (Å²) in [6, 6.07) is -0.962. The summed E-state index contributed by atoms with van der Waals surface area (Å²) in [6.45, 7) is 6.27. The van der Waals surface area contributed by atoms with Gasteiger partial charge in [0.15, 0.2) is 5.69 Å². The number of rotatable bonds is 4. The van der Waals surface area contributed by atoms with E-state index in [9.17, 15) is 28.2 Å². The summed E-state index contributed by atoms with van der Waals surface area (Å²) in [5.74, 6) is -0.211. The summed E-state index contributed by atoms with van der Waals surface area (Å²) in [5.41, 5.74) is -1.45. The molecule has 1 amide bonds. The van der Waals surface area contributed by atoms with E-state index in [0.717, 1.165) is 6.20 Å². The Kier molecular flexibility index (Phi) is 7.57. The number of anilines is 1. The summed E-state index contributed by atoms with van der Waals surface area (Å²) in [4.78, 5) is 20.9. The molecule has 2 aliphatic rings. The second kappa shape index (κ2) is 10.4. The lowest BCUT2D eigenvalue weighted by molar-refractivity contribution is -0.144. The molecule has 0 aliphatic carbocycles. The SMILES string of the molecule is CC(C)(C)OC(=O)N1CCC(n2cc([C@H]3OC[C@H](Nc4cncc(C(F)(F)F)n4)[C@@H](O)[C@H]3O)nn2)CC1. The number of aromatic nitrogens is 5. The van der Waals surface area contributed by atoms with Crippen molar-refractivity contribution in [3.05, 3.63) is 30.0 Å². The Morgan fingerprint density at radius 3 is 2.51 bits per heavy atom. The molecule has 0 unspecified atom stereocenters. The van der Waals surface area contributed by atoms with Gasteiger partial charge in [0.2, 0.25) is 0 Å². The van der Waals surface area contributed by atoms with E-state index >= 15 is 0 Å². The third kappa shape index (κ3) is 6.45. The lowest BCUT2D eigenvalue weighted by atomic mass is 9.96. The Bertz CT molecular complexity index is 1090. The molecule has 0 aromatic carbocycles. The number of halogens is 3. The molecule has 12 nitrogen and oxygen atoms in total. The van der Waals surface area contributed by atoms with E-state index in [0.29, 0.717) is 37.8 Å². The minimum atomic E-state index is -4.67. The molecule has 2 aliphatic heterocycles. The highest BCUT2D eigenvalue weighted by Gasteiger charge is 2.41. The van der Waals surface area contributed by atoms with Gasteiger partial charge in [-0.05, 0) is 33.6 Å². The average molecular weight is 530 g/mol. The molecule has 2 aromatic heterocycles. The Morgan fingerprint density at radius 2 is 1.86 bits per heavy atom. The van der Waals surface area contributed by atoms with Crippen LogP contribution in [0.4, 0.5) is 23.8 Å². The largest absolute Gasteiger partial charge is 0.444 e. The number of nitrogens with zero attached hydrogens (tertiary/aromatic N) is 6. The number of alkyl halides is 3. The third-order valence-corrected chi connectivity index (χ3v) is 6.10. The Morgan fingerprint density at radius 1 is 1.16 bits per heavy atom. The van der Waals surface area contributed by atoms with E-state index < -0.39 is 41.8 Å². The monoisotopic (exact) mass is 529 g/mol. The van der Waals surface area contributed by atoms with Gasteiger partial charge in [0, 0.05) is 13.1 Å². The summed E-state index contributed by atoms with van der Waals surface area (Å²) in [6.07, 6.45) is -4.29. The number of ether oxygens (including phenoxy) is 2. The fraction of sp³-hybridized carbons (Fsp3) is 0.682. The van der Waals surface area contributed by atoms with E-state index in [1.807, 2.05) is 20.8 Å². The van der Waals surface area contributed by atoms with Gasteiger partial charge < -0.3 is 29.9 Å². The second-order valence-electron chi connectivity index (χ2n) is 10.1. The molecule has 4 rings (SSSR count). The normalized spacial score (nSPS) is 25.7. The lowest BCUT2D eigenvalue weighted by Crippen LogP contribution is -2.52. The highest BCUT2D eigenvalue weighted by molar-refractivity contribution is 5.68. The van der Waals surface area contributed by atoms with Crippen LogP contribution < -0.4 is 5.32 Å². The van der Waals surface area contributed by atoms with Gasteiger partial charge in [0.25, 0.3) is 0 Å². The minimum absolute atomic E-state index is 0.0282. The number of hydrogen-bond acceptors (Lipinski definition) is 10. The number of piperidine rings is 1. The van der Waals surface area contributed by atoms with E-state index in [1.165, 1.54) is 0 Å². The molecule has 2 saturated heterocycles. The molecule has 3 N–H and O–H groups in total. The summed E-state index contributed by atoms with van der Waals surface area (Å²) >= 11 is 0. The van der Waals surface area contributed by atoms with E-state index in [-0.39, 0.29) is 24.6 Å². The first-order valence-electron chi connectivity index (χ1n) is 11.8. The number of aliphatic hydroxyl groups excluding tert-OH is 2. The molecule has 15 heteroatoms. The van der Waals surface area contributed by atoms with Crippen molar-refractivity contribution in [3.63, 3.8) is 0 Å². The average Bonchev–Trinajstić information content (AvgIpc) is 3.31. The zero-order chi connectivity index (χ0) is 27.0. The molecule has 2 aromatic rings. The Hall–Kier alpha value is -3.04. The van der Waals surface area contributed by atoms with Crippen molar-refractivity contribution in [1.82, 2.24) is 29.9 Å². The highest BCUT2D eigenvalue weighted by Crippen LogP contribution is 2.31. The van der Waals surface area contributed by atoms with Crippen molar-refractivity contribution in [2.75, 3.05) is 25.0 Å². The summed E-state index contributed by atoms with van der Waals surface area (Å²) < 4.78 is 51.4. The Balaban J connectivity index is 1.34. The molecule has 0 saturated carbocycles. The zero-order valence-corrected chi connectivity index (χ0v) is 20.6. The van der Waals surface area contributed by atoms with Crippen LogP contribution in [0, 0.1) is 0 Å². The molecule has 4 atom stereocenters. The van der Waals surface area contributed by atoms with Gasteiger partial charge in [0.1, 0.15) is 35.4 Å². The molecule has 2 fully saturated rings. The maximum atomic E-state index is 12.9. The van der Waals surface area contributed by atoms with Gasteiger partial charge >= 0.3 is 12.3 Å². The zero-order valence-electron chi connectivity index (χ0n) is 20.6. The number of carbonyl (C=O) groups excluding carboxylic acids is 1. The van der Waals surface area contributed by atoms with Crippen LogP contribution in [-0.2, 0) is 15.7 Å². The van der Waals surface area contributed by atoms with E-state index in [4.69, 9.17) is 9.47 Å². The van der Waals surface area contributed by atoms with Gasteiger partial charge in [-0.15, -0.1) is 5.10 Å². The molecular formula is C22H30F3N7O5. The topological polar surface area (TPSA) is 148 Å². The van der Waals surface area contributed by atoms with Crippen molar-refractivity contribution in [1.29, 1.82) is 0 Å². The molecule has 0 bridgehead atoms. The van der Waals surface area contributed by atoms with Crippen LogP contribution >= 0.6 is 0 Å². The summed E-state index contributed by atoms with van der Waals surface area (Å²) in [5, 5.41) is 32.1. The maximum Gasteiger partial charge on any atom is 0.434 e. The highest BCUT2D eigenvalue weighted by atomic mass is 19.4. The van der Waals surface area contributed by atoms with Crippen molar-refractivity contribution in [2.24, 2.45) is 0 Å². The van der Waals surface area contributed by atoms with Crippen LogP contribution in [0.5, 0.6) is 0 Å². The quantitative estimate of drug-likeness (QED) is 0.537. The number of aliphatic hydroxyl groups is 2. The molecule has 0 spiro atoms. The van der Waals surface area contributed by atoms with Crippen molar-refractivity contribution >= 4 is 11.9 Å². The predicted octanol–water partition coefficient (Wildman–Crippen LogP) is 1.93. The number of carbonyl (C=O) groups is 1. The van der Waals surface area contributed by atoms with Crippen molar-refractivity contribution < 1.29 is 37.7 Å². The Labute approximate surface area is 210 Å². The minimum Gasteiger partial charge on any atom is -0.444 e. The number of amides is 1. The second-order valence-corrected chi connectivity index (χ2v) is 10.1. The number of likely N-dealkylation sites (tertiary alicyclic amines) is 1. The van der Waals surface area contributed by atoms with E-state index in [1.54, 1.807) is 15.8 Å². The number of nitrogens with one attached hydrogen (secondary N) is 1. The van der Waals surface area contributed by atoms with Gasteiger partial charge in [-0.25, -0.2) is 14.5 Å². The van der Waals surface area contributed by atoms with Crippen LogP contribution in [-0.4, -0.2) is 89.7 Å². The van der Waals surface area contributed by atoms with Crippen molar-refractivity contribution in [2.45, 2.75) is 75.8 Å². The third-order valence-electron chi connectivity index (χ3n) is 6.10. The first-order valence-corrected chi connectivity index (χ1v) is 11.8. The fourth-order valence-electron chi connectivity index (χ4n) is 4.21. The predicted molar refractivity (Wildman–Crippen MR) is 121 cm³/mol. The van der Waals surface area contributed by atoms with Crippen molar-refractivity contribution in [3.8, 4) is 0 Å². The fourth-order valence-corrected chi connectivity index (χ4v) is 4.21. The smallest absolute Gasteiger partial charge is 0.434 e. The number of hydrogen-bond donors (Lipinski definition) is 3.